The Kier molecular flexibility index (Phi) is 5.80. The molecular weight excluding hydrogens is 420 g/mol. The van der Waals surface area contributed by atoms with E-state index in [1.54, 1.807) is 6.33 Å². The van der Waals surface area contributed by atoms with Crippen LogP contribution in [-0.4, -0.2) is 44.0 Å². The first-order valence-electron chi connectivity index (χ1n) is 11.2. The normalized spacial score (nSPS) is 15.0. The van der Waals surface area contributed by atoms with Crippen LogP contribution in [0.3, 0.4) is 0 Å². The van der Waals surface area contributed by atoms with Gasteiger partial charge in [0.2, 0.25) is 0 Å². The molecule has 1 saturated heterocycles. The second kappa shape index (κ2) is 8.88. The van der Waals surface area contributed by atoms with E-state index in [-0.39, 0.29) is 6.61 Å². The standard InChI is InChI=1S/C24H28N6OS/c1-2-29-21-8-7-19-13-25-16-26-22(19)23(21)30(24(29)32)27-14-18-5-3-4-6-20(18)28-11-9-17(15-31)10-12-28/h3-8,13,16-17,27,31H,2,9-12,14-15H2,1H3. The summed E-state index contributed by atoms with van der Waals surface area (Å²) in [7, 11) is 0. The molecule has 2 N–H and O–H groups in total. The second-order valence-electron chi connectivity index (χ2n) is 8.33. The Labute approximate surface area is 192 Å². The number of aliphatic hydroxyl groups excluding tert-OH is 1. The van der Waals surface area contributed by atoms with Gasteiger partial charge in [-0.1, -0.05) is 18.2 Å². The van der Waals surface area contributed by atoms with E-state index in [2.05, 4.69) is 62.1 Å². The number of piperidine rings is 1. The quantitative estimate of drug-likeness (QED) is 0.433. The highest BCUT2D eigenvalue weighted by molar-refractivity contribution is 7.71. The maximum Gasteiger partial charge on any atom is 0.199 e. The van der Waals surface area contributed by atoms with Crippen LogP contribution in [0.5, 0.6) is 0 Å². The maximum atomic E-state index is 9.47. The van der Waals surface area contributed by atoms with Crippen LogP contribution in [0.25, 0.3) is 21.9 Å². The highest BCUT2D eigenvalue weighted by Gasteiger charge is 2.21. The molecule has 1 aliphatic heterocycles. The van der Waals surface area contributed by atoms with Crippen molar-refractivity contribution in [2.75, 3.05) is 30.0 Å². The van der Waals surface area contributed by atoms with Crippen molar-refractivity contribution in [2.45, 2.75) is 32.9 Å². The molecule has 0 bridgehead atoms. The first-order chi connectivity index (χ1) is 15.7. The Morgan fingerprint density at radius 3 is 2.75 bits per heavy atom. The molecule has 1 fully saturated rings. The van der Waals surface area contributed by atoms with Gasteiger partial charge in [0.1, 0.15) is 17.4 Å². The first-order valence-corrected chi connectivity index (χ1v) is 11.6. The lowest BCUT2D eigenvalue weighted by Gasteiger charge is -2.34. The predicted octanol–water partition coefficient (Wildman–Crippen LogP) is 4.09. The fraction of sp³-hybridized carbons (Fsp3) is 0.375. The zero-order valence-corrected chi connectivity index (χ0v) is 19.1. The van der Waals surface area contributed by atoms with Crippen LogP contribution in [-0.2, 0) is 13.1 Å². The van der Waals surface area contributed by atoms with Gasteiger partial charge in [-0.25, -0.2) is 14.6 Å². The number of nitrogens with one attached hydrogen (secondary N) is 1. The van der Waals surface area contributed by atoms with Crippen LogP contribution in [0.4, 0.5) is 5.69 Å². The molecule has 5 rings (SSSR count). The molecule has 7 nitrogen and oxygen atoms in total. The van der Waals surface area contributed by atoms with Gasteiger partial charge in [-0.3, -0.25) is 0 Å². The maximum absolute atomic E-state index is 9.47. The third-order valence-corrected chi connectivity index (χ3v) is 6.92. The molecular formula is C24H28N6OS. The number of aromatic nitrogens is 4. The van der Waals surface area contributed by atoms with Crippen molar-refractivity contribution in [3.8, 4) is 0 Å². The molecule has 0 saturated carbocycles. The van der Waals surface area contributed by atoms with Crippen LogP contribution in [0.15, 0.2) is 48.9 Å². The lowest BCUT2D eigenvalue weighted by molar-refractivity contribution is 0.203. The highest BCUT2D eigenvalue weighted by Crippen LogP contribution is 2.28. The lowest BCUT2D eigenvalue weighted by Crippen LogP contribution is -2.35. The summed E-state index contributed by atoms with van der Waals surface area (Å²) in [6.07, 6.45) is 5.48. The zero-order valence-electron chi connectivity index (χ0n) is 18.2. The molecule has 8 heteroatoms. The number of rotatable bonds is 6. The third kappa shape index (κ3) is 3.63. The van der Waals surface area contributed by atoms with Gasteiger partial charge in [0.05, 0.1) is 12.1 Å². The van der Waals surface area contributed by atoms with Crippen molar-refractivity contribution < 1.29 is 5.11 Å². The summed E-state index contributed by atoms with van der Waals surface area (Å²) >= 11 is 5.84. The van der Waals surface area contributed by atoms with E-state index in [9.17, 15) is 5.11 Å². The van der Waals surface area contributed by atoms with Crippen molar-refractivity contribution in [3.63, 3.8) is 0 Å². The van der Waals surface area contributed by atoms with Crippen molar-refractivity contribution in [3.05, 3.63) is 59.3 Å². The van der Waals surface area contributed by atoms with Gasteiger partial charge in [-0.2, -0.15) is 0 Å². The van der Waals surface area contributed by atoms with E-state index in [4.69, 9.17) is 12.2 Å². The minimum atomic E-state index is 0.286. The summed E-state index contributed by atoms with van der Waals surface area (Å²) in [6, 6.07) is 12.7. The fourth-order valence-electron chi connectivity index (χ4n) is 4.73. The Balaban J connectivity index is 1.50. The predicted molar refractivity (Wildman–Crippen MR) is 131 cm³/mol. The number of anilines is 1. The number of fused-ring (bicyclic) bond motifs is 3. The van der Waals surface area contributed by atoms with Gasteiger partial charge < -0.3 is 20.0 Å². The largest absolute Gasteiger partial charge is 0.396 e. The van der Waals surface area contributed by atoms with Crippen molar-refractivity contribution >= 4 is 39.8 Å². The Morgan fingerprint density at radius 1 is 1.16 bits per heavy atom. The molecule has 0 atom stereocenters. The van der Waals surface area contributed by atoms with Gasteiger partial charge in [0, 0.05) is 43.5 Å². The smallest absolute Gasteiger partial charge is 0.199 e. The highest BCUT2D eigenvalue weighted by atomic mass is 32.1. The zero-order chi connectivity index (χ0) is 22.1. The van der Waals surface area contributed by atoms with Gasteiger partial charge in [-0.05, 0) is 61.7 Å². The van der Waals surface area contributed by atoms with E-state index in [0.29, 0.717) is 12.5 Å². The van der Waals surface area contributed by atoms with Crippen molar-refractivity contribution in [1.82, 2.24) is 19.2 Å². The molecule has 3 heterocycles. The summed E-state index contributed by atoms with van der Waals surface area (Å²) in [6.45, 7) is 5.77. The number of hydrogen-bond donors (Lipinski definition) is 2. The van der Waals surface area contributed by atoms with E-state index in [1.807, 2.05) is 16.9 Å². The van der Waals surface area contributed by atoms with E-state index < -0.39 is 0 Å². The molecule has 0 spiro atoms. The number of aliphatic hydroxyl groups is 1. The number of imidazole rings is 1. The SMILES string of the molecule is CCn1c(=S)n(NCc2ccccc2N2CCC(CO)CC2)c2c3ncncc3ccc21. The summed E-state index contributed by atoms with van der Waals surface area (Å²) in [4.78, 5) is 11.2. The van der Waals surface area contributed by atoms with Gasteiger partial charge in [0.25, 0.3) is 0 Å². The number of benzene rings is 2. The minimum Gasteiger partial charge on any atom is -0.396 e. The number of nitrogens with zero attached hydrogens (tertiary/aromatic N) is 5. The first kappa shape index (κ1) is 20.9. The molecule has 2 aromatic carbocycles. The average molecular weight is 449 g/mol. The van der Waals surface area contributed by atoms with Crippen LogP contribution in [0.2, 0.25) is 0 Å². The molecule has 32 heavy (non-hydrogen) atoms. The number of para-hydroxylation sites is 1. The van der Waals surface area contributed by atoms with Crippen LogP contribution in [0.1, 0.15) is 25.3 Å². The summed E-state index contributed by atoms with van der Waals surface area (Å²) in [5.74, 6) is 0.422. The van der Waals surface area contributed by atoms with E-state index in [0.717, 1.165) is 59.2 Å². The van der Waals surface area contributed by atoms with Gasteiger partial charge >= 0.3 is 0 Å². The Bertz CT molecular complexity index is 1310. The van der Waals surface area contributed by atoms with Crippen LogP contribution < -0.4 is 10.3 Å². The number of hydrogen-bond acceptors (Lipinski definition) is 6. The average Bonchev–Trinajstić information content (AvgIpc) is 3.13. The molecule has 2 aromatic heterocycles. The van der Waals surface area contributed by atoms with Crippen LogP contribution in [0, 0.1) is 10.7 Å². The molecule has 1 aliphatic rings. The second-order valence-corrected chi connectivity index (χ2v) is 8.70. The topological polar surface area (TPSA) is 71.1 Å². The van der Waals surface area contributed by atoms with Crippen molar-refractivity contribution in [1.29, 1.82) is 0 Å². The van der Waals surface area contributed by atoms with Gasteiger partial charge in [0.15, 0.2) is 4.77 Å². The van der Waals surface area contributed by atoms with Crippen LogP contribution >= 0.6 is 12.2 Å². The lowest BCUT2D eigenvalue weighted by atomic mass is 9.97. The third-order valence-electron chi connectivity index (χ3n) is 6.51. The van der Waals surface area contributed by atoms with E-state index in [1.165, 1.54) is 11.3 Å². The molecule has 0 unspecified atom stereocenters. The number of aryl methyl sites for hydroxylation is 1. The molecule has 0 radical (unpaired) electrons. The molecule has 0 amide bonds. The Morgan fingerprint density at radius 2 is 1.97 bits per heavy atom. The summed E-state index contributed by atoms with van der Waals surface area (Å²) in [5.41, 5.74) is 8.99. The summed E-state index contributed by atoms with van der Waals surface area (Å²) < 4.78 is 4.86. The Hall–Kier alpha value is -2.97. The van der Waals surface area contributed by atoms with Gasteiger partial charge in [-0.15, -0.1) is 0 Å². The summed E-state index contributed by atoms with van der Waals surface area (Å²) in [5, 5.41) is 10.5. The van der Waals surface area contributed by atoms with E-state index >= 15 is 0 Å². The minimum absolute atomic E-state index is 0.286. The molecule has 4 aromatic rings. The molecule has 166 valence electrons. The molecule has 0 aliphatic carbocycles. The van der Waals surface area contributed by atoms with Crippen molar-refractivity contribution in [2.24, 2.45) is 5.92 Å². The fourth-order valence-corrected chi connectivity index (χ4v) is 5.11. The monoisotopic (exact) mass is 448 g/mol.